The third-order valence-corrected chi connectivity index (χ3v) is 5.17. The largest absolute Gasteiger partial charge is 0.380 e. The summed E-state index contributed by atoms with van der Waals surface area (Å²) in [6.07, 6.45) is 1.06. The van der Waals surface area contributed by atoms with Gasteiger partial charge >= 0.3 is 0 Å². The maximum Gasteiger partial charge on any atom is 0.247 e. The molecule has 0 unspecified atom stereocenters. The summed E-state index contributed by atoms with van der Waals surface area (Å²) in [6, 6.07) is 12.5. The Morgan fingerprint density at radius 1 is 1.23 bits per heavy atom. The molecule has 0 aliphatic rings. The SMILES string of the molecule is COCc1cccc(NC(=O)[C@@H](C)N(c2ccc(Cl)cc2)S(C)(=O)=O)c1. The molecule has 2 aromatic rings. The number of carbonyl (C=O) groups excluding carboxylic acids is 1. The van der Waals surface area contributed by atoms with Gasteiger partial charge < -0.3 is 10.1 Å². The third-order valence-electron chi connectivity index (χ3n) is 3.68. The summed E-state index contributed by atoms with van der Waals surface area (Å²) in [5.41, 5.74) is 1.84. The van der Waals surface area contributed by atoms with Crippen LogP contribution >= 0.6 is 11.6 Å². The molecular weight excluding hydrogens is 376 g/mol. The monoisotopic (exact) mass is 396 g/mol. The zero-order valence-corrected chi connectivity index (χ0v) is 16.3. The Hall–Kier alpha value is -2.09. The smallest absolute Gasteiger partial charge is 0.247 e. The molecule has 1 atom stereocenters. The number of carbonyl (C=O) groups is 1. The number of nitrogens with one attached hydrogen (secondary N) is 1. The van der Waals surface area contributed by atoms with Gasteiger partial charge in [-0.25, -0.2) is 8.42 Å². The van der Waals surface area contributed by atoms with Crippen molar-refractivity contribution < 1.29 is 17.9 Å². The topological polar surface area (TPSA) is 75.7 Å². The number of benzene rings is 2. The Morgan fingerprint density at radius 3 is 2.46 bits per heavy atom. The van der Waals surface area contributed by atoms with Crippen molar-refractivity contribution in [1.82, 2.24) is 0 Å². The Bertz CT molecular complexity index is 869. The van der Waals surface area contributed by atoms with E-state index in [2.05, 4.69) is 5.32 Å². The minimum absolute atomic E-state index is 0.368. The lowest BCUT2D eigenvalue weighted by molar-refractivity contribution is -0.116. The number of amides is 1. The highest BCUT2D eigenvalue weighted by Crippen LogP contribution is 2.23. The molecule has 0 saturated carbocycles. The van der Waals surface area contributed by atoms with E-state index in [0.29, 0.717) is 23.0 Å². The second kappa shape index (κ2) is 8.53. The van der Waals surface area contributed by atoms with Crippen molar-refractivity contribution in [1.29, 1.82) is 0 Å². The van der Waals surface area contributed by atoms with Crippen molar-refractivity contribution in [2.75, 3.05) is 23.0 Å². The first kappa shape index (κ1) is 20.2. The molecule has 0 fully saturated rings. The first-order chi connectivity index (χ1) is 12.2. The average Bonchev–Trinajstić information content (AvgIpc) is 2.56. The number of ether oxygens (including phenoxy) is 1. The molecule has 6 nitrogen and oxygen atoms in total. The van der Waals surface area contributed by atoms with Crippen molar-refractivity contribution in [2.45, 2.75) is 19.6 Å². The molecule has 2 aromatic carbocycles. The van der Waals surface area contributed by atoms with Crippen LogP contribution in [0.15, 0.2) is 48.5 Å². The molecule has 26 heavy (non-hydrogen) atoms. The summed E-state index contributed by atoms with van der Waals surface area (Å²) in [4.78, 5) is 12.6. The van der Waals surface area contributed by atoms with Gasteiger partial charge in [-0.1, -0.05) is 23.7 Å². The fourth-order valence-corrected chi connectivity index (χ4v) is 3.85. The van der Waals surface area contributed by atoms with Crippen LogP contribution in [0.5, 0.6) is 0 Å². The van der Waals surface area contributed by atoms with Gasteiger partial charge in [0.2, 0.25) is 15.9 Å². The second-order valence-electron chi connectivity index (χ2n) is 5.83. The second-order valence-corrected chi connectivity index (χ2v) is 8.13. The molecular formula is C18H21ClN2O4S. The molecule has 0 radical (unpaired) electrons. The summed E-state index contributed by atoms with van der Waals surface area (Å²) in [6.45, 7) is 1.95. The lowest BCUT2D eigenvalue weighted by atomic mass is 10.2. The highest BCUT2D eigenvalue weighted by molar-refractivity contribution is 7.92. The first-order valence-electron chi connectivity index (χ1n) is 7.86. The summed E-state index contributed by atoms with van der Waals surface area (Å²) in [5.74, 6) is -0.444. The lowest BCUT2D eigenvalue weighted by Crippen LogP contribution is -2.45. The maximum absolute atomic E-state index is 12.6. The van der Waals surface area contributed by atoms with Gasteiger partial charge in [0.1, 0.15) is 6.04 Å². The summed E-state index contributed by atoms with van der Waals surface area (Å²) >= 11 is 5.86. The fourth-order valence-electron chi connectivity index (χ4n) is 2.55. The van der Waals surface area contributed by atoms with Gasteiger partial charge in [-0.3, -0.25) is 9.10 Å². The van der Waals surface area contributed by atoms with Crippen LogP contribution < -0.4 is 9.62 Å². The number of hydrogen-bond acceptors (Lipinski definition) is 4. The van der Waals surface area contributed by atoms with E-state index in [-0.39, 0.29) is 0 Å². The van der Waals surface area contributed by atoms with Crippen LogP contribution in [0.25, 0.3) is 0 Å². The predicted molar refractivity (Wildman–Crippen MR) is 104 cm³/mol. The van der Waals surface area contributed by atoms with Crippen molar-refractivity contribution in [3.63, 3.8) is 0 Å². The fraction of sp³-hybridized carbons (Fsp3) is 0.278. The number of sulfonamides is 1. The molecule has 0 aromatic heterocycles. The zero-order valence-electron chi connectivity index (χ0n) is 14.8. The van der Waals surface area contributed by atoms with E-state index < -0.39 is 22.0 Å². The van der Waals surface area contributed by atoms with Crippen LogP contribution in [0, 0.1) is 0 Å². The van der Waals surface area contributed by atoms with Gasteiger partial charge in [0.05, 0.1) is 18.6 Å². The Balaban J connectivity index is 2.25. The maximum atomic E-state index is 12.6. The number of halogens is 1. The third kappa shape index (κ3) is 5.20. The van der Waals surface area contributed by atoms with Gasteiger partial charge in [-0.05, 0) is 48.9 Å². The van der Waals surface area contributed by atoms with E-state index >= 15 is 0 Å². The highest BCUT2D eigenvalue weighted by atomic mass is 35.5. The Kier molecular flexibility index (Phi) is 6.63. The molecule has 0 heterocycles. The van der Waals surface area contributed by atoms with Crippen LogP contribution in [-0.4, -0.2) is 33.7 Å². The summed E-state index contributed by atoms with van der Waals surface area (Å²) in [7, 11) is -2.09. The van der Waals surface area contributed by atoms with Crippen LogP contribution in [0.2, 0.25) is 5.02 Å². The van der Waals surface area contributed by atoms with Crippen molar-refractivity contribution in [2.24, 2.45) is 0 Å². The van der Waals surface area contributed by atoms with E-state index in [1.165, 1.54) is 6.92 Å². The van der Waals surface area contributed by atoms with Crippen LogP contribution in [0.1, 0.15) is 12.5 Å². The van der Waals surface area contributed by atoms with Gasteiger partial charge in [-0.2, -0.15) is 0 Å². The molecule has 1 amide bonds. The molecule has 2 rings (SSSR count). The molecule has 0 bridgehead atoms. The van der Waals surface area contributed by atoms with Crippen LogP contribution in [-0.2, 0) is 26.2 Å². The lowest BCUT2D eigenvalue weighted by Gasteiger charge is -2.28. The van der Waals surface area contributed by atoms with E-state index in [1.54, 1.807) is 49.6 Å². The molecule has 0 spiro atoms. The Labute approximate surface area is 158 Å². The molecule has 1 N–H and O–H groups in total. The van der Waals surface area contributed by atoms with Crippen LogP contribution in [0.3, 0.4) is 0 Å². The van der Waals surface area contributed by atoms with Gasteiger partial charge in [-0.15, -0.1) is 0 Å². The van der Waals surface area contributed by atoms with Gasteiger partial charge in [0, 0.05) is 17.8 Å². The quantitative estimate of drug-likeness (QED) is 0.779. The molecule has 0 aliphatic heterocycles. The standard InChI is InChI=1S/C18H21ClN2O4S/c1-13(18(22)20-16-6-4-5-14(11-16)12-25-2)21(26(3,23)24)17-9-7-15(19)8-10-17/h4-11,13H,12H2,1-3H3,(H,20,22)/t13-/m1/s1. The van der Waals surface area contributed by atoms with Crippen molar-refractivity contribution >= 4 is 38.9 Å². The Morgan fingerprint density at radius 2 is 1.88 bits per heavy atom. The van der Waals surface area contributed by atoms with Gasteiger partial charge in [0.25, 0.3) is 0 Å². The summed E-state index contributed by atoms with van der Waals surface area (Å²) in [5, 5.41) is 3.23. The zero-order chi connectivity index (χ0) is 19.3. The first-order valence-corrected chi connectivity index (χ1v) is 10.1. The van der Waals surface area contributed by atoms with Crippen molar-refractivity contribution in [3.05, 3.63) is 59.1 Å². The van der Waals surface area contributed by atoms with E-state index in [0.717, 1.165) is 16.1 Å². The number of nitrogens with zero attached hydrogens (tertiary/aromatic N) is 1. The number of methoxy groups -OCH3 is 1. The minimum atomic E-state index is -3.67. The van der Waals surface area contributed by atoms with Crippen LogP contribution in [0.4, 0.5) is 11.4 Å². The van der Waals surface area contributed by atoms with E-state index in [9.17, 15) is 13.2 Å². The average molecular weight is 397 g/mol. The molecule has 140 valence electrons. The highest BCUT2D eigenvalue weighted by Gasteiger charge is 2.29. The number of rotatable bonds is 7. The molecule has 0 aliphatic carbocycles. The molecule has 0 saturated heterocycles. The normalized spacial score (nSPS) is 12.5. The minimum Gasteiger partial charge on any atom is -0.380 e. The van der Waals surface area contributed by atoms with Gasteiger partial charge in [0.15, 0.2) is 0 Å². The van der Waals surface area contributed by atoms with E-state index in [4.69, 9.17) is 16.3 Å². The predicted octanol–water partition coefficient (Wildman–Crippen LogP) is 3.28. The van der Waals surface area contributed by atoms with E-state index in [1.807, 2.05) is 6.07 Å². The van der Waals surface area contributed by atoms with Crippen molar-refractivity contribution in [3.8, 4) is 0 Å². The molecule has 8 heteroatoms. The summed E-state index contributed by atoms with van der Waals surface area (Å²) < 4.78 is 30.6. The number of hydrogen-bond donors (Lipinski definition) is 1. The number of anilines is 2.